The van der Waals surface area contributed by atoms with Crippen LogP contribution < -0.4 is 4.74 Å². The average Bonchev–Trinajstić information content (AvgIpc) is 3.08. The van der Waals surface area contributed by atoms with Gasteiger partial charge in [0.25, 0.3) is 0 Å². The van der Waals surface area contributed by atoms with Crippen molar-refractivity contribution in [2.45, 2.75) is 0 Å². The van der Waals surface area contributed by atoms with Gasteiger partial charge in [0.1, 0.15) is 5.75 Å². The van der Waals surface area contributed by atoms with Gasteiger partial charge in [0.2, 0.25) is 0 Å². The Labute approximate surface area is 146 Å². The van der Waals surface area contributed by atoms with Crippen LogP contribution in [0.1, 0.15) is 11.3 Å². The monoisotopic (exact) mass is 334 g/mol. The third kappa shape index (κ3) is 3.19. The standard InChI is InChI=1S/C20H15ClN2O/c1-24-18-10-8-16(9-11-18)23-12-4-5-17(23)13-15(14-22)19-6-2-3-7-20(19)21/h2-13H,1H3. The zero-order valence-corrected chi connectivity index (χ0v) is 13.9. The molecule has 0 unspecified atom stereocenters. The maximum atomic E-state index is 9.53. The number of methoxy groups -OCH3 is 1. The van der Waals surface area contributed by atoms with Crippen LogP contribution >= 0.6 is 11.6 Å². The Morgan fingerprint density at radius 3 is 2.50 bits per heavy atom. The van der Waals surface area contributed by atoms with E-state index in [1.54, 1.807) is 13.2 Å². The summed E-state index contributed by atoms with van der Waals surface area (Å²) in [4.78, 5) is 0. The Morgan fingerprint density at radius 2 is 1.83 bits per heavy atom. The van der Waals surface area contributed by atoms with Crippen molar-refractivity contribution in [1.29, 1.82) is 5.26 Å². The van der Waals surface area contributed by atoms with E-state index in [2.05, 4.69) is 6.07 Å². The molecule has 0 aliphatic carbocycles. The van der Waals surface area contributed by atoms with Gasteiger partial charge in [0.05, 0.1) is 18.8 Å². The summed E-state index contributed by atoms with van der Waals surface area (Å²) in [7, 11) is 1.64. The molecule has 0 N–H and O–H groups in total. The number of ether oxygens (including phenoxy) is 1. The third-order valence-electron chi connectivity index (χ3n) is 3.71. The predicted octanol–water partition coefficient (Wildman–Crippen LogP) is 5.20. The highest BCUT2D eigenvalue weighted by Crippen LogP contribution is 2.26. The average molecular weight is 335 g/mol. The van der Waals surface area contributed by atoms with Crippen LogP contribution in [0.3, 0.4) is 0 Å². The molecule has 24 heavy (non-hydrogen) atoms. The van der Waals surface area contributed by atoms with Gasteiger partial charge in [-0.15, -0.1) is 0 Å². The van der Waals surface area contributed by atoms with Gasteiger partial charge >= 0.3 is 0 Å². The summed E-state index contributed by atoms with van der Waals surface area (Å²) in [6.07, 6.45) is 3.79. The summed E-state index contributed by atoms with van der Waals surface area (Å²) in [5, 5.41) is 10.1. The fraction of sp³-hybridized carbons (Fsp3) is 0.0500. The van der Waals surface area contributed by atoms with Crippen LogP contribution in [0, 0.1) is 11.3 Å². The molecule has 0 radical (unpaired) electrons. The SMILES string of the molecule is COc1ccc(-n2cccc2C=C(C#N)c2ccccc2Cl)cc1. The van der Waals surface area contributed by atoms with E-state index in [4.69, 9.17) is 16.3 Å². The first-order chi connectivity index (χ1) is 11.7. The quantitative estimate of drug-likeness (QED) is 0.615. The van der Waals surface area contributed by atoms with Gasteiger partial charge in [-0.25, -0.2) is 0 Å². The number of aromatic nitrogens is 1. The van der Waals surface area contributed by atoms with E-state index < -0.39 is 0 Å². The largest absolute Gasteiger partial charge is 0.497 e. The molecule has 3 aromatic rings. The predicted molar refractivity (Wildman–Crippen MR) is 97.3 cm³/mol. The molecule has 3 rings (SSSR count). The van der Waals surface area contributed by atoms with Crippen LogP contribution in [0.15, 0.2) is 66.9 Å². The summed E-state index contributed by atoms with van der Waals surface area (Å²) in [6.45, 7) is 0. The van der Waals surface area contributed by atoms with Crippen molar-refractivity contribution >= 4 is 23.3 Å². The first-order valence-electron chi connectivity index (χ1n) is 7.41. The Hall–Kier alpha value is -2.96. The van der Waals surface area contributed by atoms with Crippen molar-refractivity contribution < 1.29 is 4.74 Å². The van der Waals surface area contributed by atoms with Crippen molar-refractivity contribution in [3.05, 3.63) is 83.1 Å². The number of nitrogens with zero attached hydrogens (tertiary/aromatic N) is 2. The molecule has 0 aliphatic heterocycles. The highest BCUT2D eigenvalue weighted by molar-refractivity contribution is 6.32. The Bertz CT molecular complexity index is 917. The molecule has 1 aromatic heterocycles. The molecule has 0 spiro atoms. The number of rotatable bonds is 4. The van der Waals surface area contributed by atoms with E-state index in [1.165, 1.54) is 0 Å². The smallest absolute Gasteiger partial charge is 0.119 e. The minimum Gasteiger partial charge on any atom is -0.497 e. The zero-order valence-electron chi connectivity index (χ0n) is 13.1. The highest BCUT2D eigenvalue weighted by atomic mass is 35.5. The van der Waals surface area contributed by atoms with E-state index in [0.29, 0.717) is 10.6 Å². The van der Waals surface area contributed by atoms with E-state index in [-0.39, 0.29) is 0 Å². The molecule has 3 nitrogen and oxygen atoms in total. The van der Waals surface area contributed by atoms with Gasteiger partial charge in [0, 0.05) is 28.2 Å². The number of benzene rings is 2. The van der Waals surface area contributed by atoms with E-state index in [9.17, 15) is 5.26 Å². The van der Waals surface area contributed by atoms with Crippen molar-refractivity contribution in [2.75, 3.05) is 7.11 Å². The maximum Gasteiger partial charge on any atom is 0.119 e. The summed E-state index contributed by atoms with van der Waals surface area (Å²) in [6, 6.07) is 21.2. The van der Waals surface area contributed by atoms with Crippen molar-refractivity contribution in [3.8, 4) is 17.5 Å². The fourth-order valence-electron chi connectivity index (χ4n) is 2.49. The summed E-state index contributed by atoms with van der Waals surface area (Å²) in [5.74, 6) is 0.803. The summed E-state index contributed by atoms with van der Waals surface area (Å²) < 4.78 is 7.20. The highest BCUT2D eigenvalue weighted by Gasteiger charge is 2.08. The molecule has 4 heteroatoms. The lowest BCUT2D eigenvalue weighted by atomic mass is 10.1. The number of halogens is 1. The van der Waals surface area contributed by atoms with Gasteiger partial charge in [0.15, 0.2) is 0 Å². The topological polar surface area (TPSA) is 38.0 Å². The fourth-order valence-corrected chi connectivity index (χ4v) is 2.72. The lowest BCUT2D eigenvalue weighted by molar-refractivity contribution is 0.414. The normalized spacial score (nSPS) is 11.1. The zero-order chi connectivity index (χ0) is 16.9. The molecule has 0 fully saturated rings. The molecular formula is C20H15ClN2O. The number of nitriles is 1. The lowest BCUT2D eigenvalue weighted by Crippen LogP contribution is -1.95. The second kappa shape index (κ2) is 7.08. The van der Waals surface area contributed by atoms with Gasteiger partial charge in [-0.2, -0.15) is 5.26 Å². The molecule has 0 saturated heterocycles. The molecule has 0 bridgehead atoms. The summed E-state index contributed by atoms with van der Waals surface area (Å²) in [5.41, 5.74) is 3.14. The molecule has 0 amide bonds. The number of hydrogen-bond donors (Lipinski definition) is 0. The molecular weight excluding hydrogens is 320 g/mol. The first-order valence-corrected chi connectivity index (χ1v) is 7.79. The molecule has 0 aliphatic rings. The van der Waals surface area contributed by atoms with Crippen molar-refractivity contribution in [2.24, 2.45) is 0 Å². The van der Waals surface area contributed by atoms with Gasteiger partial charge in [-0.1, -0.05) is 29.8 Å². The van der Waals surface area contributed by atoms with Gasteiger partial charge in [-0.3, -0.25) is 0 Å². The summed E-state index contributed by atoms with van der Waals surface area (Å²) >= 11 is 6.22. The van der Waals surface area contributed by atoms with Crippen LogP contribution in [0.2, 0.25) is 5.02 Å². The first kappa shape index (κ1) is 15.9. The molecule has 2 aromatic carbocycles. The Balaban J connectivity index is 2.03. The van der Waals surface area contributed by atoms with Crippen molar-refractivity contribution in [1.82, 2.24) is 4.57 Å². The Morgan fingerprint density at radius 1 is 1.08 bits per heavy atom. The second-order valence-corrected chi connectivity index (χ2v) is 5.56. The molecule has 118 valence electrons. The molecule has 0 saturated carbocycles. The third-order valence-corrected chi connectivity index (χ3v) is 4.04. The minimum atomic E-state index is 0.522. The lowest BCUT2D eigenvalue weighted by Gasteiger charge is -2.09. The minimum absolute atomic E-state index is 0.522. The molecule has 0 atom stereocenters. The second-order valence-electron chi connectivity index (χ2n) is 5.15. The number of allylic oxidation sites excluding steroid dienone is 1. The van der Waals surface area contributed by atoms with Crippen LogP contribution in [0.5, 0.6) is 5.75 Å². The van der Waals surface area contributed by atoms with Crippen LogP contribution in [0.25, 0.3) is 17.3 Å². The van der Waals surface area contributed by atoms with E-state index in [1.807, 2.05) is 71.4 Å². The van der Waals surface area contributed by atoms with E-state index >= 15 is 0 Å². The number of hydrogen-bond acceptors (Lipinski definition) is 2. The van der Waals surface area contributed by atoms with E-state index in [0.717, 1.165) is 22.7 Å². The Kier molecular flexibility index (Phi) is 4.69. The van der Waals surface area contributed by atoms with Crippen LogP contribution in [0.4, 0.5) is 0 Å². The van der Waals surface area contributed by atoms with Gasteiger partial charge < -0.3 is 9.30 Å². The van der Waals surface area contributed by atoms with Crippen LogP contribution in [-0.2, 0) is 0 Å². The van der Waals surface area contributed by atoms with Crippen molar-refractivity contribution in [3.63, 3.8) is 0 Å². The maximum absolute atomic E-state index is 9.53. The van der Waals surface area contributed by atoms with Crippen LogP contribution in [-0.4, -0.2) is 11.7 Å². The van der Waals surface area contributed by atoms with Gasteiger partial charge in [-0.05, 0) is 48.5 Å². The molecule has 1 heterocycles.